The fraction of sp³-hybridized carbons (Fsp3) is 0.333. The van der Waals surface area contributed by atoms with Crippen LogP contribution < -0.4 is 0 Å². The Bertz CT molecular complexity index is 750. The average molecular weight is 315 g/mol. The minimum atomic E-state index is 0.285. The maximum atomic E-state index is 5.37. The van der Waals surface area contributed by atoms with Crippen LogP contribution in [0.15, 0.2) is 39.9 Å². The van der Waals surface area contributed by atoms with Crippen LogP contribution in [-0.2, 0) is 5.75 Å². The molecule has 2 aromatic heterocycles. The predicted molar refractivity (Wildman–Crippen MR) is 84.0 cm³/mol. The van der Waals surface area contributed by atoms with Gasteiger partial charge in [0.05, 0.1) is 11.4 Å². The van der Waals surface area contributed by atoms with Crippen LogP contribution in [0, 0.1) is 6.92 Å². The highest BCUT2D eigenvalue weighted by molar-refractivity contribution is 7.98. The summed E-state index contributed by atoms with van der Waals surface area (Å²) >= 11 is 1.49. The van der Waals surface area contributed by atoms with Crippen LogP contribution in [0.5, 0.6) is 0 Å². The van der Waals surface area contributed by atoms with Crippen LogP contribution in [0.1, 0.15) is 37.4 Å². The van der Waals surface area contributed by atoms with Crippen molar-refractivity contribution in [3.63, 3.8) is 0 Å². The van der Waals surface area contributed by atoms with E-state index in [-0.39, 0.29) is 5.92 Å². The summed E-state index contributed by atoms with van der Waals surface area (Å²) in [5, 5.41) is 13.1. The first-order valence-electron chi connectivity index (χ1n) is 7.07. The molecule has 0 N–H and O–H groups in total. The minimum Gasteiger partial charge on any atom is -0.425 e. The third-order valence-electron chi connectivity index (χ3n) is 3.02. The Hall–Kier alpha value is -2.15. The molecule has 0 radical (unpaired) electrons. The first-order valence-corrected chi connectivity index (χ1v) is 8.06. The number of aryl methyl sites for hydroxylation is 1. The van der Waals surface area contributed by atoms with Crippen molar-refractivity contribution in [2.24, 2.45) is 0 Å². The molecule has 0 atom stereocenters. The van der Waals surface area contributed by atoms with Crippen LogP contribution in [0.25, 0.3) is 5.69 Å². The van der Waals surface area contributed by atoms with Crippen molar-refractivity contribution in [3.05, 3.63) is 47.9 Å². The van der Waals surface area contributed by atoms with Gasteiger partial charge in [0.1, 0.15) is 5.82 Å². The molecule has 7 heteroatoms. The van der Waals surface area contributed by atoms with E-state index < -0.39 is 0 Å². The summed E-state index contributed by atoms with van der Waals surface area (Å²) in [6.07, 6.45) is 0. The molecule has 114 valence electrons. The lowest BCUT2D eigenvalue weighted by Gasteiger charge is -2.07. The number of para-hydroxylation sites is 1. The second kappa shape index (κ2) is 6.31. The minimum absolute atomic E-state index is 0.285. The lowest BCUT2D eigenvalue weighted by atomic mass is 10.2. The Morgan fingerprint density at radius 2 is 1.95 bits per heavy atom. The highest BCUT2D eigenvalue weighted by Crippen LogP contribution is 2.24. The highest BCUT2D eigenvalue weighted by Gasteiger charge is 2.15. The quantitative estimate of drug-likeness (QED) is 0.672. The van der Waals surface area contributed by atoms with Gasteiger partial charge >= 0.3 is 0 Å². The monoisotopic (exact) mass is 315 g/mol. The molecule has 0 aliphatic carbocycles. The van der Waals surface area contributed by atoms with Gasteiger partial charge < -0.3 is 4.42 Å². The molecular weight excluding hydrogens is 298 g/mol. The Labute approximate surface area is 133 Å². The van der Waals surface area contributed by atoms with Gasteiger partial charge in [0.15, 0.2) is 0 Å². The number of hydrogen-bond donors (Lipinski definition) is 0. The largest absolute Gasteiger partial charge is 0.425 e. The summed E-state index contributed by atoms with van der Waals surface area (Å²) in [5.74, 6) is 2.95. The van der Waals surface area contributed by atoms with Crippen molar-refractivity contribution in [2.75, 3.05) is 0 Å². The summed E-state index contributed by atoms with van der Waals surface area (Å²) in [4.78, 5) is 4.63. The highest BCUT2D eigenvalue weighted by atomic mass is 32.2. The SMILES string of the molecule is Cc1nnc(CSc2nc(C(C)C)n(-c3ccccc3)n2)o1. The maximum absolute atomic E-state index is 5.37. The summed E-state index contributed by atoms with van der Waals surface area (Å²) in [6.45, 7) is 6.00. The van der Waals surface area contributed by atoms with Crippen molar-refractivity contribution in [3.8, 4) is 5.69 Å². The number of aromatic nitrogens is 5. The van der Waals surface area contributed by atoms with Crippen LogP contribution in [0.2, 0.25) is 0 Å². The van der Waals surface area contributed by atoms with Gasteiger partial charge in [0.25, 0.3) is 0 Å². The fourth-order valence-electron chi connectivity index (χ4n) is 2.02. The second-order valence-corrected chi connectivity index (χ2v) is 6.10. The molecule has 0 aliphatic rings. The van der Waals surface area contributed by atoms with Gasteiger partial charge in [-0.25, -0.2) is 9.67 Å². The van der Waals surface area contributed by atoms with Crippen LogP contribution in [-0.4, -0.2) is 25.0 Å². The van der Waals surface area contributed by atoms with E-state index in [1.165, 1.54) is 11.8 Å². The van der Waals surface area contributed by atoms with Crippen molar-refractivity contribution in [2.45, 2.75) is 37.6 Å². The van der Waals surface area contributed by atoms with E-state index in [1.807, 2.05) is 35.0 Å². The molecule has 0 bridgehead atoms. The molecule has 0 fully saturated rings. The standard InChI is InChI=1S/C15H17N5OS/c1-10(2)14-16-15(22-9-13-18-17-11(3)21-13)19-20(14)12-7-5-4-6-8-12/h4-8,10H,9H2,1-3H3. The number of benzene rings is 1. The normalized spacial score (nSPS) is 11.3. The van der Waals surface area contributed by atoms with Gasteiger partial charge in [-0.15, -0.1) is 15.3 Å². The van der Waals surface area contributed by atoms with E-state index >= 15 is 0 Å². The summed E-state index contributed by atoms with van der Waals surface area (Å²) in [7, 11) is 0. The number of rotatable bonds is 5. The van der Waals surface area contributed by atoms with Gasteiger partial charge in [0.2, 0.25) is 16.9 Å². The van der Waals surface area contributed by atoms with Gasteiger partial charge in [-0.2, -0.15) is 0 Å². The fourth-order valence-corrected chi connectivity index (χ4v) is 2.69. The van der Waals surface area contributed by atoms with E-state index in [4.69, 9.17) is 4.42 Å². The van der Waals surface area contributed by atoms with Crippen molar-refractivity contribution < 1.29 is 4.42 Å². The molecule has 6 nitrogen and oxygen atoms in total. The summed E-state index contributed by atoms with van der Waals surface area (Å²) < 4.78 is 7.26. The van der Waals surface area contributed by atoms with Gasteiger partial charge in [-0.1, -0.05) is 43.8 Å². The molecule has 0 saturated carbocycles. The maximum Gasteiger partial charge on any atom is 0.226 e. The third kappa shape index (κ3) is 3.19. The van der Waals surface area contributed by atoms with Crippen LogP contribution in [0.3, 0.4) is 0 Å². The van der Waals surface area contributed by atoms with Crippen molar-refractivity contribution >= 4 is 11.8 Å². The molecule has 0 spiro atoms. The second-order valence-electron chi connectivity index (χ2n) is 5.16. The molecule has 0 aliphatic heterocycles. The van der Waals surface area contributed by atoms with E-state index in [2.05, 4.69) is 34.1 Å². The smallest absolute Gasteiger partial charge is 0.226 e. The first kappa shape index (κ1) is 14.8. The van der Waals surface area contributed by atoms with E-state index in [0.29, 0.717) is 22.7 Å². The molecular formula is C15H17N5OS. The molecule has 3 aromatic rings. The Balaban J connectivity index is 1.84. The van der Waals surface area contributed by atoms with Gasteiger partial charge in [-0.3, -0.25) is 0 Å². The van der Waals surface area contributed by atoms with Crippen molar-refractivity contribution in [1.29, 1.82) is 0 Å². The average Bonchev–Trinajstić information content (AvgIpc) is 3.12. The third-order valence-corrected chi connectivity index (χ3v) is 3.84. The summed E-state index contributed by atoms with van der Waals surface area (Å²) in [5.41, 5.74) is 1.01. The molecule has 22 heavy (non-hydrogen) atoms. The molecule has 0 unspecified atom stereocenters. The zero-order chi connectivity index (χ0) is 15.5. The Morgan fingerprint density at radius 1 is 1.18 bits per heavy atom. The van der Waals surface area contributed by atoms with Crippen molar-refractivity contribution in [1.82, 2.24) is 25.0 Å². The van der Waals surface area contributed by atoms with E-state index in [1.54, 1.807) is 6.92 Å². The molecule has 3 rings (SSSR count). The number of hydrogen-bond acceptors (Lipinski definition) is 6. The number of thioether (sulfide) groups is 1. The Morgan fingerprint density at radius 3 is 2.59 bits per heavy atom. The first-order chi connectivity index (χ1) is 10.6. The summed E-state index contributed by atoms with van der Waals surface area (Å²) in [6, 6.07) is 10.0. The van der Waals surface area contributed by atoms with E-state index in [0.717, 1.165) is 11.5 Å². The Kier molecular flexibility index (Phi) is 4.24. The van der Waals surface area contributed by atoms with Crippen LogP contribution in [0.4, 0.5) is 0 Å². The van der Waals surface area contributed by atoms with E-state index in [9.17, 15) is 0 Å². The zero-order valence-electron chi connectivity index (χ0n) is 12.7. The zero-order valence-corrected chi connectivity index (χ0v) is 13.5. The molecule has 0 amide bonds. The molecule has 0 saturated heterocycles. The molecule has 2 heterocycles. The lowest BCUT2D eigenvalue weighted by Crippen LogP contribution is -2.04. The van der Waals surface area contributed by atoms with Gasteiger partial charge in [-0.05, 0) is 12.1 Å². The topological polar surface area (TPSA) is 69.6 Å². The molecule has 1 aromatic carbocycles. The predicted octanol–water partition coefficient (Wildman–Crippen LogP) is 3.37. The van der Waals surface area contributed by atoms with Crippen LogP contribution >= 0.6 is 11.8 Å². The lowest BCUT2D eigenvalue weighted by molar-refractivity contribution is 0.485. The van der Waals surface area contributed by atoms with Gasteiger partial charge in [0, 0.05) is 12.8 Å². The number of nitrogens with zero attached hydrogens (tertiary/aromatic N) is 5.